The van der Waals surface area contributed by atoms with Gasteiger partial charge in [0.2, 0.25) is 0 Å². The summed E-state index contributed by atoms with van der Waals surface area (Å²) >= 11 is 0. The molecule has 8 nitrogen and oxygen atoms in total. The van der Waals surface area contributed by atoms with Crippen molar-refractivity contribution in [2.75, 3.05) is 14.1 Å². The maximum absolute atomic E-state index is 10.0. The average molecular weight is 385 g/mol. The Kier molecular flexibility index (Phi) is 3.85. The molecule has 1 saturated heterocycles. The van der Waals surface area contributed by atoms with Gasteiger partial charge in [0.25, 0.3) is 0 Å². The van der Waals surface area contributed by atoms with Crippen LogP contribution in [0.15, 0.2) is 23.6 Å². The minimum atomic E-state index is -0.610. The van der Waals surface area contributed by atoms with Crippen LogP contribution in [0.4, 0.5) is 5.82 Å². The first-order valence-electron chi connectivity index (χ1n) is 9.84. The topological polar surface area (TPSA) is 85.0 Å². The van der Waals surface area contributed by atoms with E-state index in [1.54, 1.807) is 12.7 Å². The first kappa shape index (κ1) is 18.0. The molecule has 2 aromatic heterocycles. The monoisotopic (exact) mass is 385 g/mol. The van der Waals surface area contributed by atoms with Gasteiger partial charge in [-0.2, -0.15) is 0 Å². The van der Waals surface area contributed by atoms with Crippen molar-refractivity contribution in [2.45, 2.75) is 63.3 Å². The summed E-state index contributed by atoms with van der Waals surface area (Å²) < 4.78 is 14.8. The maximum atomic E-state index is 10.0. The van der Waals surface area contributed by atoms with Crippen LogP contribution in [0.3, 0.4) is 0 Å². The number of aromatic nitrogens is 3. The van der Waals surface area contributed by atoms with Crippen LogP contribution in [-0.4, -0.2) is 69.1 Å². The Morgan fingerprint density at radius 3 is 2.75 bits per heavy atom. The summed E-state index contributed by atoms with van der Waals surface area (Å²) in [7, 11) is 3.86. The van der Waals surface area contributed by atoms with Crippen LogP contribution in [0, 0.1) is 5.41 Å². The van der Waals surface area contributed by atoms with Gasteiger partial charge >= 0.3 is 0 Å². The molecule has 0 amide bonds. The van der Waals surface area contributed by atoms with E-state index in [0.717, 1.165) is 30.3 Å². The quantitative estimate of drug-likeness (QED) is 0.644. The largest absolute Gasteiger partial charge is 0.393 e. The molecule has 2 aliphatic carbocycles. The van der Waals surface area contributed by atoms with Gasteiger partial charge in [0.05, 0.1) is 30.0 Å². The molecular formula is C20H27N5O3. The highest BCUT2D eigenvalue weighted by Gasteiger charge is 2.65. The number of ether oxygens (including phenoxy) is 2. The maximum Gasteiger partial charge on any atom is 0.166 e. The number of rotatable bonds is 3. The van der Waals surface area contributed by atoms with E-state index in [4.69, 9.17) is 9.47 Å². The van der Waals surface area contributed by atoms with Crippen LogP contribution < -0.4 is 0 Å². The van der Waals surface area contributed by atoms with Crippen molar-refractivity contribution in [3.8, 4) is 0 Å². The normalized spacial score (nSPS) is 36.3. The molecule has 3 heterocycles. The molecule has 3 atom stereocenters. The lowest BCUT2D eigenvalue weighted by Crippen LogP contribution is -2.48. The lowest BCUT2D eigenvalue weighted by molar-refractivity contribution is -0.187. The number of aliphatic imine (C=N–C) groups is 1. The summed E-state index contributed by atoms with van der Waals surface area (Å²) in [5.41, 5.74) is 0.841. The highest BCUT2D eigenvalue weighted by molar-refractivity contribution is 5.87. The number of hydrogen-bond acceptors (Lipinski definition) is 6. The fourth-order valence-electron chi connectivity index (χ4n) is 5.23. The van der Waals surface area contributed by atoms with Gasteiger partial charge in [-0.25, -0.2) is 15.0 Å². The van der Waals surface area contributed by atoms with Crippen molar-refractivity contribution < 1.29 is 14.6 Å². The van der Waals surface area contributed by atoms with Crippen molar-refractivity contribution in [2.24, 2.45) is 10.4 Å². The second-order valence-electron chi connectivity index (χ2n) is 9.08. The molecule has 0 radical (unpaired) electrons. The van der Waals surface area contributed by atoms with E-state index in [1.807, 2.05) is 38.9 Å². The van der Waals surface area contributed by atoms with Gasteiger partial charge < -0.3 is 24.0 Å². The Balaban J connectivity index is 1.54. The molecule has 1 aliphatic heterocycles. The Morgan fingerprint density at radius 2 is 2.04 bits per heavy atom. The van der Waals surface area contributed by atoms with Crippen LogP contribution in [0.5, 0.6) is 0 Å². The number of aliphatic hydroxyl groups excluding tert-OH is 1. The minimum Gasteiger partial charge on any atom is -0.393 e. The van der Waals surface area contributed by atoms with Crippen LogP contribution in [0.25, 0.3) is 11.0 Å². The summed E-state index contributed by atoms with van der Waals surface area (Å²) in [6.07, 6.45) is 7.54. The molecule has 0 bridgehead atoms. The summed E-state index contributed by atoms with van der Waals surface area (Å²) in [6.45, 7) is 3.93. The van der Waals surface area contributed by atoms with Crippen LogP contribution >= 0.6 is 0 Å². The molecule has 8 heteroatoms. The first-order chi connectivity index (χ1) is 13.3. The molecule has 5 rings (SSSR count). The number of aliphatic hydroxyl groups is 1. The zero-order valence-corrected chi connectivity index (χ0v) is 16.7. The Labute approximate surface area is 164 Å². The predicted octanol–water partition coefficient (Wildman–Crippen LogP) is 2.26. The minimum absolute atomic E-state index is 0.00131. The van der Waals surface area contributed by atoms with Crippen LogP contribution in [0.2, 0.25) is 0 Å². The summed E-state index contributed by atoms with van der Waals surface area (Å²) in [4.78, 5) is 15.2. The van der Waals surface area contributed by atoms with E-state index in [-0.39, 0.29) is 29.8 Å². The Morgan fingerprint density at radius 1 is 1.25 bits per heavy atom. The van der Waals surface area contributed by atoms with E-state index in [2.05, 4.69) is 25.7 Å². The molecule has 3 fully saturated rings. The van der Waals surface area contributed by atoms with Gasteiger partial charge in [0, 0.05) is 25.7 Å². The van der Waals surface area contributed by atoms with Crippen LogP contribution in [-0.2, 0) is 9.47 Å². The molecule has 1 N–H and O–H groups in total. The molecule has 2 aromatic rings. The van der Waals surface area contributed by atoms with Crippen molar-refractivity contribution in [1.29, 1.82) is 0 Å². The fourth-order valence-corrected chi connectivity index (χ4v) is 5.23. The third kappa shape index (κ3) is 2.66. The molecule has 150 valence electrons. The number of nitrogens with zero attached hydrogens (tertiary/aromatic N) is 5. The molecule has 0 aromatic carbocycles. The molecule has 3 aliphatic rings. The standard InChI is InChI=1S/C20H27N5O3/c1-19(2)27-15-14(9-20(16(15)28-19)7-12(26)8-20)25-6-5-13-17(23-11-24(3)4)21-10-22-18(13)25/h5-6,10-12,14-16,26H,7-9H2,1-4H3/b23-11+/t12?,14-,15+,16+,20?/m1/s1. The van der Waals surface area contributed by atoms with E-state index in [9.17, 15) is 5.11 Å². The van der Waals surface area contributed by atoms with E-state index in [1.165, 1.54) is 0 Å². The highest BCUT2D eigenvalue weighted by atomic mass is 16.8. The van der Waals surface area contributed by atoms with Crippen molar-refractivity contribution >= 4 is 23.2 Å². The smallest absolute Gasteiger partial charge is 0.166 e. The molecule has 1 spiro atoms. The molecule has 28 heavy (non-hydrogen) atoms. The third-order valence-corrected chi connectivity index (χ3v) is 6.27. The predicted molar refractivity (Wildman–Crippen MR) is 105 cm³/mol. The summed E-state index contributed by atoms with van der Waals surface area (Å²) in [5.74, 6) is 0.0467. The van der Waals surface area contributed by atoms with Crippen LogP contribution in [0.1, 0.15) is 39.2 Å². The van der Waals surface area contributed by atoms with Gasteiger partial charge in [0.1, 0.15) is 18.1 Å². The zero-order valence-electron chi connectivity index (χ0n) is 16.7. The van der Waals surface area contributed by atoms with Crippen molar-refractivity contribution in [1.82, 2.24) is 19.4 Å². The highest BCUT2D eigenvalue weighted by Crippen LogP contribution is 2.62. The van der Waals surface area contributed by atoms with Crippen molar-refractivity contribution in [3.63, 3.8) is 0 Å². The lowest BCUT2D eigenvalue weighted by Gasteiger charge is -2.46. The molecular weight excluding hydrogens is 358 g/mol. The number of fused-ring (bicyclic) bond motifs is 3. The van der Waals surface area contributed by atoms with Gasteiger partial charge in [-0.3, -0.25) is 0 Å². The Hall–Kier alpha value is -2.03. The Bertz CT molecular complexity index is 931. The van der Waals surface area contributed by atoms with Gasteiger partial charge in [-0.1, -0.05) is 0 Å². The third-order valence-electron chi connectivity index (χ3n) is 6.27. The van der Waals surface area contributed by atoms with Gasteiger partial charge in [-0.05, 0) is 39.2 Å². The average Bonchev–Trinajstić information content (AvgIpc) is 3.23. The lowest BCUT2D eigenvalue weighted by atomic mass is 9.64. The van der Waals surface area contributed by atoms with E-state index in [0.29, 0.717) is 5.82 Å². The summed E-state index contributed by atoms with van der Waals surface area (Å²) in [6, 6.07) is 2.13. The fraction of sp³-hybridized carbons (Fsp3) is 0.650. The van der Waals surface area contributed by atoms with E-state index >= 15 is 0 Å². The molecule has 0 unspecified atom stereocenters. The second-order valence-corrected chi connectivity index (χ2v) is 9.08. The SMILES string of the molecule is CN(C)/C=N/c1ncnc2c1ccn2[C@@H]1CC2(CC(O)C2)[C@H]2OC(C)(C)O[C@@H]12. The van der Waals surface area contributed by atoms with Gasteiger partial charge in [-0.15, -0.1) is 0 Å². The van der Waals surface area contributed by atoms with E-state index < -0.39 is 5.79 Å². The van der Waals surface area contributed by atoms with Crippen molar-refractivity contribution in [3.05, 3.63) is 18.6 Å². The van der Waals surface area contributed by atoms with Gasteiger partial charge in [0.15, 0.2) is 11.6 Å². The second kappa shape index (κ2) is 5.98. The molecule has 2 saturated carbocycles. The number of hydrogen-bond donors (Lipinski definition) is 1. The first-order valence-corrected chi connectivity index (χ1v) is 9.84. The zero-order chi connectivity index (χ0) is 19.7. The summed E-state index contributed by atoms with van der Waals surface area (Å²) in [5, 5.41) is 10.9.